The molecule has 0 spiro atoms. The number of benzene rings is 1. The van der Waals surface area contributed by atoms with Gasteiger partial charge in [0.2, 0.25) is 5.91 Å². The number of halogens is 1. The Morgan fingerprint density at radius 2 is 2.00 bits per heavy atom. The van der Waals surface area contributed by atoms with Gasteiger partial charge in [-0.3, -0.25) is 9.36 Å². The highest BCUT2D eigenvalue weighted by Crippen LogP contribution is 2.36. The van der Waals surface area contributed by atoms with E-state index in [2.05, 4.69) is 0 Å². The Labute approximate surface area is 151 Å². The van der Waals surface area contributed by atoms with Crippen molar-refractivity contribution >= 4 is 28.6 Å². The van der Waals surface area contributed by atoms with Crippen LogP contribution in [0.1, 0.15) is 38.5 Å². The zero-order valence-electron chi connectivity index (χ0n) is 14.2. The molecule has 2 aromatic rings. The molecule has 0 bridgehead atoms. The van der Waals surface area contributed by atoms with Gasteiger partial charge >= 0.3 is 5.76 Å². The number of carbonyl (C=O) groups excluding carboxylic acids is 1. The minimum absolute atomic E-state index is 0.138. The van der Waals surface area contributed by atoms with E-state index in [1.807, 2.05) is 4.90 Å². The predicted octanol–water partition coefficient (Wildman–Crippen LogP) is 3.68. The van der Waals surface area contributed by atoms with Crippen molar-refractivity contribution in [2.24, 2.45) is 11.8 Å². The van der Waals surface area contributed by atoms with Crippen LogP contribution in [0.4, 0.5) is 0 Å². The van der Waals surface area contributed by atoms with Crippen LogP contribution in [0.5, 0.6) is 0 Å². The van der Waals surface area contributed by atoms with Crippen LogP contribution in [0.25, 0.3) is 11.1 Å². The minimum Gasteiger partial charge on any atom is -0.408 e. The summed E-state index contributed by atoms with van der Waals surface area (Å²) in [5, 5.41) is 0.528. The van der Waals surface area contributed by atoms with E-state index in [-0.39, 0.29) is 5.91 Å². The highest BCUT2D eigenvalue weighted by molar-refractivity contribution is 6.31. The van der Waals surface area contributed by atoms with Crippen LogP contribution in [-0.2, 0) is 11.3 Å². The molecule has 0 radical (unpaired) electrons. The first-order valence-corrected chi connectivity index (χ1v) is 9.56. The van der Waals surface area contributed by atoms with E-state index in [4.69, 9.17) is 16.0 Å². The molecule has 4 rings (SSSR count). The molecule has 1 saturated carbocycles. The van der Waals surface area contributed by atoms with E-state index in [0.717, 1.165) is 25.4 Å². The standard InChI is InChI=1S/C19H23ClN2O3/c20-15-5-6-16-17(11-15)25-19(24)22(16)10-8-18(23)21-9-7-13-3-1-2-4-14(13)12-21/h5-6,11,13-14H,1-4,7-10,12H2/t13-,14+/m1/s1. The van der Waals surface area contributed by atoms with Gasteiger partial charge in [0.25, 0.3) is 0 Å². The van der Waals surface area contributed by atoms with Crippen molar-refractivity contribution < 1.29 is 9.21 Å². The van der Waals surface area contributed by atoms with Gasteiger partial charge < -0.3 is 9.32 Å². The SMILES string of the molecule is O=C(CCn1c(=O)oc2cc(Cl)ccc21)N1CC[C@H]2CCCC[C@H]2C1. The summed E-state index contributed by atoms with van der Waals surface area (Å²) in [5.74, 6) is 1.18. The maximum Gasteiger partial charge on any atom is 0.419 e. The van der Waals surface area contributed by atoms with E-state index < -0.39 is 5.76 Å². The molecule has 25 heavy (non-hydrogen) atoms. The third-order valence-electron chi connectivity index (χ3n) is 5.82. The molecule has 2 aliphatic rings. The van der Waals surface area contributed by atoms with Crippen LogP contribution in [0.3, 0.4) is 0 Å². The molecule has 2 fully saturated rings. The normalized spacial score (nSPS) is 23.6. The summed E-state index contributed by atoms with van der Waals surface area (Å²) in [7, 11) is 0. The maximum absolute atomic E-state index is 12.6. The monoisotopic (exact) mass is 362 g/mol. The molecule has 1 aromatic carbocycles. The average molecular weight is 363 g/mol. The smallest absolute Gasteiger partial charge is 0.408 e. The fourth-order valence-electron chi connectivity index (χ4n) is 4.44. The summed E-state index contributed by atoms with van der Waals surface area (Å²) in [6.07, 6.45) is 6.67. The molecular formula is C19H23ClN2O3. The number of hydrogen-bond acceptors (Lipinski definition) is 3. The minimum atomic E-state index is -0.434. The number of fused-ring (bicyclic) bond motifs is 2. The second kappa shape index (κ2) is 6.87. The predicted molar refractivity (Wildman–Crippen MR) is 96.7 cm³/mol. The van der Waals surface area contributed by atoms with Crippen molar-refractivity contribution in [2.75, 3.05) is 13.1 Å². The lowest BCUT2D eigenvalue weighted by Gasteiger charge is -2.41. The molecule has 134 valence electrons. The summed E-state index contributed by atoms with van der Waals surface area (Å²) >= 11 is 5.93. The van der Waals surface area contributed by atoms with Crippen molar-refractivity contribution in [3.63, 3.8) is 0 Å². The molecule has 1 aliphatic carbocycles. The average Bonchev–Trinajstić information content (AvgIpc) is 2.93. The number of carbonyl (C=O) groups is 1. The fourth-order valence-corrected chi connectivity index (χ4v) is 4.61. The number of rotatable bonds is 3. The quantitative estimate of drug-likeness (QED) is 0.837. The van der Waals surface area contributed by atoms with Gasteiger partial charge in [-0.2, -0.15) is 0 Å². The third kappa shape index (κ3) is 3.34. The number of likely N-dealkylation sites (tertiary alicyclic amines) is 1. The van der Waals surface area contributed by atoms with Gasteiger partial charge in [-0.05, 0) is 36.8 Å². The zero-order chi connectivity index (χ0) is 17.4. The Balaban J connectivity index is 1.42. The highest BCUT2D eigenvalue weighted by Gasteiger charge is 2.32. The Kier molecular flexibility index (Phi) is 4.59. The van der Waals surface area contributed by atoms with E-state index >= 15 is 0 Å². The van der Waals surface area contributed by atoms with E-state index in [9.17, 15) is 9.59 Å². The third-order valence-corrected chi connectivity index (χ3v) is 6.06. The van der Waals surface area contributed by atoms with Gasteiger partial charge in [0.15, 0.2) is 5.58 Å². The van der Waals surface area contributed by atoms with E-state index in [0.29, 0.717) is 35.0 Å². The second-order valence-corrected chi connectivity index (χ2v) is 7.75. The second-order valence-electron chi connectivity index (χ2n) is 7.31. The molecule has 2 heterocycles. The molecule has 0 N–H and O–H groups in total. The maximum atomic E-state index is 12.6. The van der Waals surface area contributed by atoms with Crippen molar-refractivity contribution in [3.8, 4) is 0 Å². The summed E-state index contributed by atoms with van der Waals surface area (Å²) < 4.78 is 6.75. The lowest BCUT2D eigenvalue weighted by molar-refractivity contribution is -0.134. The molecule has 6 heteroatoms. The van der Waals surface area contributed by atoms with Gasteiger partial charge in [0.05, 0.1) is 5.52 Å². The number of piperidine rings is 1. The first-order chi connectivity index (χ1) is 12.1. The molecule has 1 aliphatic heterocycles. The largest absolute Gasteiger partial charge is 0.419 e. The van der Waals surface area contributed by atoms with Crippen LogP contribution in [0.2, 0.25) is 5.02 Å². The van der Waals surface area contributed by atoms with Crippen molar-refractivity contribution in [3.05, 3.63) is 33.8 Å². The van der Waals surface area contributed by atoms with Crippen molar-refractivity contribution in [1.82, 2.24) is 9.47 Å². The number of aromatic nitrogens is 1. The van der Waals surface area contributed by atoms with Crippen LogP contribution in [-0.4, -0.2) is 28.5 Å². The Bertz CT molecular complexity index is 841. The number of hydrogen-bond donors (Lipinski definition) is 0. The lowest BCUT2D eigenvalue weighted by atomic mass is 9.75. The first kappa shape index (κ1) is 16.7. The van der Waals surface area contributed by atoms with Gasteiger partial charge in [-0.1, -0.05) is 30.9 Å². The van der Waals surface area contributed by atoms with Crippen molar-refractivity contribution in [2.45, 2.75) is 45.1 Å². The highest BCUT2D eigenvalue weighted by atomic mass is 35.5. The van der Waals surface area contributed by atoms with Crippen LogP contribution < -0.4 is 5.76 Å². The van der Waals surface area contributed by atoms with Crippen LogP contribution in [0.15, 0.2) is 27.4 Å². The fraction of sp³-hybridized carbons (Fsp3) is 0.579. The number of oxazole rings is 1. The van der Waals surface area contributed by atoms with E-state index in [1.54, 1.807) is 18.2 Å². The molecule has 1 saturated heterocycles. The van der Waals surface area contributed by atoms with Gasteiger partial charge in [0.1, 0.15) is 0 Å². The topological polar surface area (TPSA) is 55.5 Å². The lowest BCUT2D eigenvalue weighted by Crippen LogP contribution is -2.45. The van der Waals surface area contributed by atoms with Gasteiger partial charge in [-0.15, -0.1) is 0 Å². The molecule has 0 unspecified atom stereocenters. The molecule has 1 amide bonds. The molecule has 1 aromatic heterocycles. The summed E-state index contributed by atoms with van der Waals surface area (Å²) in [6.45, 7) is 2.09. The zero-order valence-corrected chi connectivity index (χ0v) is 15.0. The molecule has 5 nitrogen and oxygen atoms in total. The molecular weight excluding hydrogens is 340 g/mol. The van der Waals surface area contributed by atoms with Gasteiger partial charge in [-0.25, -0.2) is 4.79 Å². The van der Waals surface area contributed by atoms with Crippen molar-refractivity contribution in [1.29, 1.82) is 0 Å². The Morgan fingerprint density at radius 3 is 2.84 bits per heavy atom. The summed E-state index contributed by atoms with van der Waals surface area (Å²) in [6, 6.07) is 5.12. The Morgan fingerprint density at radius 1 is 1.20 bits per heavy atom. The molecule has 2 atom stereocenters. The first-order valence-electron chi connectivity index (χ1n) is 9.18. The Hall–Kier alpha value is -1.75. The number of nitrogens with zero attached hydrogens (tertiary/aromatic N) is 2. The van der Waals surface area contributed by atoms with Gasteiger partial charge in [0, 0.05) is 37.1 Å². The summed E-state index contributed by atoms with van der Waals surface area (Å²) in [4.78, 5) is 26.7. The number of aryl methyl sites for hydroxylation is 1. The summed E-state index contributed by atoms with van der Waals surface area (Å²) in [5.41, 5.74) is 1.15. The van der Waals surface area contributed by atoms with Crippen LogP contribution in [0, 0.1) is 11.8 Å². The van der Waals surface area contributed by atoms with E-state index in [1.165, 1.54) is 30.3 Å². The van der Waals surface area contributed by atoms with Crippen LogP contribution >= 0.6 is 11.6 Å². The number of amides is 1.